The van der Waals surface area contributed by atoms with Crippen LogP contribution in [0.15, 0.2) is 11.4 Å². The summed E-state index contributed by atoms with van der Waals surface area (Å²) in [7, 11) is 0. The summed E-state index contributed by atoms with van der Waals surface area (Å²) in [6.45, 7) is 2.78. The van der Waals surface area contributed by atoms with Crippen molar-refractivity contribution in [1.29, 1.82) is 0 Å². The van der Waals surface area contributed by atoms with Crippen molar-refractivity contribution >= 4 is 39.9 Å². The van der Waals surface area contributed by atoms with Gasteiger partial charge in [-0.2, -0.15) is 0 Å². The van der Waals surface area contributed by atoms with E-state index >= 15 is 0 Å². The Morgan fingerprint density at radius 3 is 3.00 bits per heavy atom. The zero-order valence-corrected chi connectivity index (χ0v) is 10.8. The molecule has 1 fully saturated rings. The second kappa shape index (κ2) is 4.18. The molecule has 2 atom stereocenters. The molecular formula is C10H11IO2S. The fourth-order valence-corrected chi connectivity index (χ4v) is 2.63. The minimum absolute atomic E-state index is 0.178. The highest BCUT2D eigenvalue weighted by molar-refractivity contribution is 14.1. The maximum absolute atomic E-state index is 11.5. The van der Waals surface area contributed by atoms with Crippen LogP contribution in [0.4, 0.5) is 0 Å². The molecule has 2 unspecified atom stereocenters. The van der Waals surface area contributed by atoms with Crippen LogP contribution in [-0.2, 0) is 4.74 Å². The summed E-state index contributed by atoms with van der Waals surface area (Å²) >= 11 is 3.77. The number of hydrogen-bond donors (Lipinski definition) is 0. The molecule has 0 N–H and O–H groups in total. The Labute approximate surface area is 101 Å². The van der Waals surface area contributed by atoms with Gasteiger partial charge >= 0.3 is 5.97 Å². The number of rotatable bonds is 3. The molecule has 0 bridgehead atoms. The van der Waals surface area contributed by atoms with Gasteiger partial charge in [0.15, 0.2) is 0 Å². The monoisotopic (exact) mass is 322 g/mol. The van der Waals surface area contributed by atoms with Crippen molar-refractivity contribution in [2.24, 2.45) is 11.8 Å². The van der Waals surface area contributed by atoms with Gasteiger partial charge in [-0.3, -0.25) is 0 Å². The molecule has 14 heavy (non-hydrogen) atoms. The van der Waals surface area contributed by atoms with Gasteiger partial charge < -0.3 is 4.74 Å². The van der Waals surface area contributed by atoms with E-state index in [9.17, 15) is 4.79 Å². The van der Waals surface area contributed by atoms with Gasteiger partial charge in [0.1, 0.15) is 0 Å². The first-order valence-corrected chi connectivity index (χ1v) is 6.54. The molecule has 0 aliphatic heterocycles. The highest BCUT2D eigenvalue weighted by Crippen LogP contribution is 2.37. The molecule has 1 aromatic rings. The van der Waals surface area contributed by atoms with Gasteiger partial charge in [0.2, 0.25) is 0 Å². The largest absolute Gasteiger partial charge is 0.462 e. The van der Waals surface area contributed by atoms with Crippen LogP contribution in [0.5, 0.6) is 0 Å². The number of thiophene rings is 1. The van der Waals surface area contributed by atoms with E-state index in [1.54, 1.807) is 11.3 Å². The topological polar surface area (TPSA) is 26.3 Å². The second-order valence-electron chi connectivity index (χ2n) is 3.71. The van der Waals surface area contributed by atoms with Crippen molar-refractivity contribution in [2.75, 3.05) is 6.61 Å². The van der Waals surface area contributed by atoms with Gasteiger partial charge in [0, 0.05) is 5.38 Å². The molecule has 1 aromatic heterocycles. The summed E-state index contributed by atoms with van der Waals surface area (Å²) < 4.78 is 6.32. The molecule has 0 amide bonds. The van der Waals surface area contributed by atoms with Crippen LogP contribution in [0.25, 0.3) is 0 Å². The third kappa shape index (κ3) is 2.48. The SMILES string of the molecule is CC1CC1COC(=O)c1csc(I)c1. The van der Waals surface area contributed by atoms with Crippen molar-refractivity contribution in [3.05, 3.63) is 19.9 Å². The van der Waals surface area contributed by atoms with E-state index in [4.69, 9.17) is 4.74 Å². The first-order chi connectivity index (χ1) is 6.66. The maximum atomic E-state index is 11.5. The molecule has 2 nitrogen and oxygen atoms in total. The van der Waals surface area contributed by atoms with Crippen LogP contribution in [0, 0.1) is 14.7 Å². The van der Waals surface area contributed by atoms with Crippen molar-refractivity contribution in [3.63, 3.8) is 0 Å². The lowest BCUT2D eigenvalue weighted by molar-refractivity contribution is 0.0482. The second-order valence-corrected chi connectivity index (χ2v) is 6.52. The van der Waals surface area contributed by atoms with Crippen LogP contribution in [0.3, 0.4) is 0 Å². The maximum Gasteiger partial charge on any atom is 0.339 e. The van der Waals surface area contributed by atoms with Gasteiger partial charge in [-0.15, -0.1) is 11.3 Å². The van der Waals surface area contributed by atoms with Crippen LogP contribution in [0.1, 0.15) is 23.7 Å². The predicted molar refractivity (Wildman–Crippen MR) is 64.6 cm³/mol. The fraction of sp³-hybridized carbons (Fsp3) is 0.500. The van der Waals surface area contributed by atoms with Crippen molar-refractivity contribution < 1.29 is 9.53 Å². The van der Waals surface area contributed by atoms with Gasteiger partial charge in [0.25, 0.3) is 0 Å². The van der Waals surface area contributed by atoms with Crippen LogP contribution < -0.4 is 0 Å². The Kier molecular flexibility index (Phi) is 3.11. The number of carbonyl (C=O) groups is 1. The number of halogens is 1. The van der Waals surface area contributed by atoms with Crippen LogP contribution in [-0.4, -0.2) is 12.6 Å². The van der Waals surface area contributed by atoms with E-state index in [1.165, 1.54) is 6.42 Å². The Morgan fingerprint density at radius 1 is 1.79 bits per heavy atom. The molecule has 1 aliphatic rings. The number of hydrogen-bond acceptors (Lipinski definition) is 3. The third-order valence-electron chi connectivity index (χ3n) is 2.51. The number of esters is 1. The van der Waals surface area contributed by atoms with Crippen molar-refractivity contribution in [1.82, 2.24) is 0 Å². The Morgan fingerprint density at radius 2 is 2.50 bits per heavy atom. The van der Waals surface area contributed by atoms with E-state index < -0.39 is 0 Å². The summed E-state index contributed by atoms with van der Waals surface area (Å²) in [5.74, 6) is 1.17. The molecule has 1 aliphatic carbocycles. The smallest absolute Gasteiger partial charge is 0.339 e. The zero-order chi connectivity index (χ0) is 10.1. The molecule has 1 heterocycles. The van der Waals surface area contributed by atoms with E-state index in [0.717, 1.165) is 8.80 Å². The zero-order valence-electron chi connectivity index (χ0n) is 7.83. The normalized spacial score (nSPS) is 24.7. The molecule has 0 spiro atoms. The first-order valence-electron chi connectivity index (χ1n) is 4.58. The van der Waals surface area contributed by atoms with E-state index in [0.29, 0.717) is 18.1 Å². The van der Waals surface area contributed by atoms with E-state index in [-0.39, 0.29) is 5.97 Å². The highest BCUT2D eigenvalue weighted by atomic mass is 127. The molecule has 0 saturated heterocycles. The molecule has 0 radical (unpaired) electrons. The summed E-state index contributed by atoms with van der Waals surface area (Å²) in [5.41, 5.74) is 0.688. The van der Waals surface area contributed by atoms with Crippen molar-refractivity contribution in [3.8, 4) is 0 Å². The average Bonchev–Trinajstić information content (AvgIpc) is 2.66. The van der Waals surface area contributed by atoms with Gasteiger partial charge in [0.05, 0.1) is 15.1 Å². The lowest BCUT2D eigenvalue weighted by Crippen LogP contribution is -2.06. The summed E-state index contributed by atoms with van der Waals surface area (Å²) in [4.78, 5) is 11.5. The molecule has 2 rings (SSSR count). The Balaban J connectivity index is 1.83. The van der Waals surface area contributed by atoms with Crippen LogP contribution >= 0.6 is 33.9 Å². The molecule has 4 heteroatoms. The van der Waals surface area contributed by atoms with Gasteiger partial charge in [-0.1, -0.05) is 6.92 Å². The number of ether oxygens (including phenoxy) is 1. The lowest BCUT2D eigenvalue weighted by Gasteiger charge is -2.01. The van der Waals surface area contributed by atoms with Gasteiger partial charge in [-0.25, -0.2) is 4.79 Å². The van der Waals surface area contributed by atoms with Crippen molar-refractivity contribution in [2.45, 2.75) is 13.3 Å². The Bertz CT molecular complexity index is 348. The quantitative estimate of drug-likeness (QED) is 0.631. The molecular weight excluding hydrogens is 311 g/mol. The van der Waals surface area contributed by atoms with E-state index in [2.05, 4.69) is 29.5 Å². The highest BCUT2D eigenvalue weighted by Gasteiger charge is 2.33. The summed E-state index contributed by atoms with van der Waals surface area (Å²) in [6.07, 6.45) is 1.20. The molecule has 0 aromatic carbocycles. The van der Waals surface area contributed by atoms with Gasteiger partial charge in [-0.05, 0) is 46.9 Å². The Hall–Kier alpha value is -0.100. The summed E-state index contributed by atoms with van der Waals surface area (Å²) in [6, 6.07) is 1.86. The molecule has 76 valence electrons. The average molecular weight is 322 g/mol. The van der Waals surface area contributed by atoms with Crippen LogP contribution in [0.2, 0.25) is 0 Å². The van der Waals surface area contributed by atoms with E-state index in [1.807, 2.05) is 11.4 Å². The lowest BCUT2D eigenvalue weighted by atomic mass is 10.3. The predicted octanol–water partition coefficient (Wildman–Crippen LogP) is 3.17. The fourth-order valence-electron chi connectivity index (χ4n) is 1.31. The molecule has 1 saturated carbocycles. The third-order valence-corrected chi connectivity index (χ3v) is 4.30. The summed E-state index contributed by atoms with van der Waals surface area (Å²) in [5, 5.41) is 1.85. The minimum Gasteiger partial charge on any atom is -0.462 e. The standard InChI is InChI=1S/C10H11IO2S/c1-6-2-7(6)4-13-10(12)8-3-9(11)14-5-8/h3,5-7H,2,4H2,1H3. The number of carbonyl (C=O) groups excluding carboxylic acids is 1. The minimum atomic E-state index is -0.178. The first kappa shape index (κ1) is 10.4.